The van der Waals surface area contributed by atoms with E-state index < -0.39 is 0 Å². The van der Waals surface area contributed by atoms with Crippen LogP contribution in [0.5, 0.6) is 0 Å². The van der Waals surface area contributed by atoms with Crippen molar-refractivity contribution in [2.75, 3.05) is 11.9 Å². The molecule has 0 aliphatic heterocycles. The van der Waals surface area contributed by atoms with E-state index in [2.05, 4.69) is 66.8 Å². The number of anilines is 2. The number of hydrogen-bond acceptors (Lipinski definition) is 3. The normalized spacial score (nSPS) is 12.8. The molecule has 0 bridgehead atoms. The Bertz CT molecular complexity index is 916. The number of nitrogens with zero attached hydrogens (tertiary/aromatic N) is 1. The van der Waals surface area contributed by atoms with Gasteiger partial charge in [-0.05, 0) is 68.0 Å². The van der Waals surface area contributed by atoms with Crippen LogP contribution in [0.1, 0.15) is 28.8 Å². The fourth-order valence-electron chi connectivity index (χ4n) is 3.65. The molecule has 26 heavy (non-hydrogen) atoms. The van der Waals surface area contributed by atoms with Gasteiger partial charge in [-0.1, -0.05) is 35.9 Å². The second-order valence-corrected chi connectivity index (χ2v) is 7.00. The van der Waals surface area contributed by atoms with E-state index >= 15 is 0 Å². The van der Waals surface area contributed by atoms with Crippen molar-refractivity contribution in [1.29, 1.82) is 0 Å². The number of aliphatic hydroxyl groups excluding tert-OH is 1. The number of aliphatic hydroxyl groups is 1. The van der Waals surface area contributed by atoms with Gasteiger partial charge in [0.15, 0.2) is 0 Å². The molecule has 3 nitrogen and oxygen atoms in total. The van der Waals surface area contributed by atoms with Crippen LogP contribution in [0.4, 0.5) is 11.4 Å². The maximum absolute atomic E-state index is 9.07. The van der Waals surface area contributed by atoms with Gasteiger partial charge in [-0.2, -0.15) is 0 Å². The smallest absolute Gasteiger partial charge is 0.0726 e. The standard InChI is InChI=1S/C23H24N2O/c1-16-4-2-5-18(14-16)22-15-23(20-6-3-7-21(20)25-22)24-19-10-8-17(9-11-19)12-13-26/h2,4-5,8-11,14-15,26H,3,6-7,12-13H2,1H3,(H,24,25). The molecular formula is C23H24N2O. The van der Waals surface area contributed by atoms with E-state index in [9.17, 15) is 0 Å². The average Bonchev–Trinajstić information content (AvgIpc) is 3.12. The summed E-state index contributed by atoms with van der Waals surface area (Å²) in [4.78, 5) is 4.94. The number of pyridine rings is 1. The van der Waals surface area contributed by atoms with Gasteiger partial charge in [-0.3, -0.25) is 4.98 Å². The summed E-state index contributed by atoms with van der Waals surface area (Å²) >= 11 is 0. The summed E-state index contributed by atoms with van der Waals surface area (Å²) < 4.78 is 0. The first-order valence-corrected chi connectivity index (χ1v) is 9.29. The number of fused-ring (bicyclic) bond motifs is 1. The van der Waals surface area contributed by atoms with Crippen LogP contribution in [0.15, 0.2) is 54.6 Å². The second kappa shape index (κ2) is 7.30. The molecule has 3 aromatic rings. The van der Waals surface area contributed by atoms with Crippen LogP contribution >= 0.6 is 0 Å². The fraction of sp³-hybridized carbons (Fsp3) is 0.261. The molecule has 2 N–H and O–H groups in total. The third-order valence-electron chi connectivity index (χ3n) is 5.00. The first kappa shape index (κ1) is 16.8. The minimum Gasteiger partial charge on any atom is -0.396 e. The van der Waals surface area contributed by atoms with Gasteiger partial charge in [0.25, 0.3) is 0 Å². The van der Waals surface area contributed by atoms with Gasteiger partial charge in [0.1, 0.15) is 0 Å². The number of rotatable bonds is 5. The fourth-order valence-corrected chi connectivity index (χ4v) is 3.65. The van der Waals surface area contributed by atoms with Crippen LogP contribution in [0.25, 0.3) is 11.3 Å². The van der Waals surface area contributed by atoms with Gasteiger partial charge >= 0.3 is 0 Å². The van der Waals surface area contributed by atoms with Crippen molar-refractivity contribution in [1.82, 2.24) is 4.98 Å². The second-order valence-electron chi connectivity index (χ2n) is 7.00. The lowest BCUT2D eigenvalue weighted by molar-refractivity contribution is 0.299. The highest BCUT2D eigenvalue weighted by molar-refractivity contribution is 5.72. The third-order valence-corrected chi connectivity index (χ3v) is 5.00. The summed E-state index contributed by atoms with van der Waals surface area (Å²) in [6.07, 6.45) is 4.01. The molecule has 132 valence electrons. The lowest BCUT2D eigenvalue weighted by atomic mass is 10.0. The largest absolute Gasteiger partial charge is 0.396 e. The summed E-state index contributed by atoms with van der Waals surface area (Å²) in [7, 11) is 0. The van der Waals surface area contributed by atoms with Crippen molar-refractivity contribution in [3.8, 4) is 11.3 Å². The van der Waals surface area contributed by atoms with Crippen LogP contribution in [-0.2, 0) is 19.3 Å². The lowest BCUT2D eigenvalue weighted by Gasteiger charge is -2.14. The first-order chi connectivity index (χ1) is 12.7. The number of hydrogen-bond donors (Lipinski definition) is 2. The van der Waals surface area contributed by atoms with Crippen molar-refractivity contribution in [2.45, 2.75) is 32.6 Å². The lowest BCUT2D eigenvalue weighted by Crippen LogP contribution is -2.00. The quantitative estimate of drug-likeness (QED) is 0.697. The van der Waals surface area contributed by atoms with E-state index in [0.29, 0.717) is 6.42 Å². The molecule has 0 saturated carbocycles. The number of nitrogens with one attached hydrogen (secondary N) is 1. The van der Waals surface area contributed by atoms with Crippen LogP contribution in [0.3, 0.4) is 0 Å². The van der Waals surface area contributed by atoms with Gasteiger partial charge in [-0.25, -0.2) is 0 Å². The average molecular weight is 344 g/mol. The van der Waals surface area contributed by atoms with Gasteiger partial charge in [0.05, 0.1) is 5.69 Å². The molecule has 1 aliphatic carbocycles. The Morgan fingerprint density at radius 3 is 2.65 bits per heavy atom. The highest BCUT2D eigenvalue weighted by atomic mass is 16.2. The van der Waals surface area contributed by atoms with E-state index in [-0.39, 0.29) is 6.61 Å². The third kappa shape index (κ3) is 3.49. The Kier molecular flexibility index (Phi) is 4.72. The van der Waals surface area contributed by atoms with E-state index in [4.69, 9.17) is 10.1 Å². The van der Waals surface area contributed by atoms with Crippen molar-refractivity contribution < 1.29 is 5.11 Å². The van der Waals surface area contributed by atoms with E-state index in [0.717, 1.165) is 29.8 Å². The molecule has 4 rings (SSSR count). The Morgan fingerprint density at radius 2 is 1.88 bits per heavy atom. The first-order valence-electron chi connectivity index (χ1n) is 9.29. The Balaban J connectivity index is 1.69. The molecule has 2 aromatic carbocycles. The predicted octanol–water partition coefficient (Wildman–Crippen LogP) is 4.82. The molecule has 0 unspecified atom stereocenters. The van der Waals surface area contributed by atoms with Gasteiger partial charge < -0.3 is 10.4 Å². The van der Waals surface area contributed by atoms with Gasteiger partial charge in [0, 0.05) is 29.2 Å². The van der Waals surface area contributed by atoms with E-state index in [1.165, 1.54) is 34.5 Å². The zero-order valence-corrected chi connectivity index (χ0v) is 15.1. The number of aryl methyl sites for hydroxylation is 2. The number of benzene rings is 2. The summed E-state index contributed by atoms with van der Waals surface area (Å²) in [6, 6.07) is 19.0. The molecule has 0 amide bonds. The van der Waals surface area contributed by atoms with E-state index in [1.807, 2.05) is 0 Å². The molecule has 3 heteroatoms. The molecule has 1 aromatic heterocycles. The minimum atomic E-state index is 0.185. The highest BCUT2D eigenvalue weighted by Crippen LogP contribution is 2.33. The summed E-state index contributed by atoms with van der Waals surface area (Å²) in [6.45, 7) is 2.30. The van der Waals surface area contributed by atoms with Crippen LogP contribution in [0.2, 0.25) is 0 Å². The summed E-state index contributed by atoms with van der Waals surface area (Å²) in [5.74, 6) is 0. The molecule has 0 fully saturated rings. The van der Waals surface area contributed by atoms with Gasteiger partial charge in [0.2, 0.25) is 0 Å². The zero-order chi connectivity index (χ0) is 17.9. The molecule has 0 spiro atoms. The number of aromatic nitrogens is 1. The molecule has 1 aliphatic rings. The Morgan fingerprint density at radius 1 is 1.04 bits per heavy atom. The minimum absolute atomic E-state index is 0.185. The maximum atomic E-state index is 9.07. The summed E-state index contributed by atoms with van der Waals surface area (Å²) in [5.41, 5.74) is 9.41. The van der Waals surface area contributed by atoms with Crippen molar-refractivity contribution in [3.05, 3.63) is 77.0 Å². The Hall–Kier alpha value is -2.65. The molecule has 0 atom stereocenters. The SMILES string of the molecule is Cc1cccc(-c2cc(Nc3ccc(CCO)cc3)c3c(n2)CCC3)c1. The van der Waals surface area contributed by atoms with Crippen LogP contribution in [-0.4, -0.2) is 16.7 Å². The molecular weight excluding hydrogens is 320 g/mol. The highest BCUT2D eigenvalue weighted by Gasteiger charge is 2.18. The molecule has 0 saturated heterocycles. The van der Waals surface area contributed by atoms with Crippen LogP contribution in [0, 0.1) is 6.92 Å². The Labute approximate surface area is 154 Å². The van der Waals surface area contributed by atoms with Crippen molar-refractivity contribution >= 4 is 11.4 Å². The molecule has 1 heterocycles. The summed E-state index contributed by atoms with van der Waals surface area (Å²) in [5, 5.41) is 12.7. The van der Waals surface area contributed by atoms with Crippen molar-refractivity contribution in [3.63, 3.8) is 0 Å². The zero-order valence-electron chi connectivity index (χ0n) is 15.1. The molecule has 0 radical (unpaired) electrons. The van der Waals surface area contributed by atoms with Crippen LogP contribution < -0.4 is 5.32 Å². The van der Waals surface area contributed by atoms with Gasteiger partial charge in [-0.15, -0.1) is 0 Å². The topological polar surface area (TPSA) is 45.1 Å². The van der Waals surface area contributed by atoms with E-state index in [1.54, 1.807) is 0 Å². The monoisotopic (exact) mass is 344 g/mol. The maximum Gasteiger partial charge on any atom is 0.0726 e. The predicted molar refractivity (Wildman–Crippen MR) is 107 cm³/mol. The van der Waals surface area contributed by atoms with Crippen molar-refractivity contribution in [2.24, 2.45) is 0 Å².